The van der Waals surface area contributed by atoms with Crippen molar-refractivity contribution in [3.63, 3.8) is 0 Å². The highest BCUT2D eigenvalue weighted by Gasteiger charge is 2.21. The van der Waals surface area contributed by atoms with E-state index in [1.165, 1.54) is 24.1 Å². The first-order valence-electron chi connectivity index (χ1n) is 6.07. The number of hydrogen-bond donors (Lipinski definition) is 4. The van der Waals surface area contributed by atoms with Crippen molar-refractivity contribution in [3.05, 3.63) is 29.8 Å². The summed E-state index contributed by atoms with van der Waals surface area (Å²) in [5, 5.41) is 29.4. The van der Waals surface area contributed by atoms with E-state index in [0.29, 0.717) is 5.56 Å². The summed E-state index contributed by atoms with van der Waals surface area (Å²) in [4.78, 5) is 24.0. The number of carboxylic acids is 1. The van der Waals surface area contributed by atoms with Crippen LogP contribution in [0.3, 0.4) is 0 Å². The van der Waals surface area contributed by atoms with Crippen LogP contribution in [0.1, 0.15) is 5.56 Å². The molecule has 1 unspecified atom stereocenters. The summed E-state index contributed by atoms with van der Waals surface area (Å²) in [5.41, 5.74) is 0.681. The van der Waals surface area contributed by atoms with E-state index in [0.717, 1.165) is 0 Å². The number of aliphatic hydroxyl groups is 1. The van der Waals surface area contributed by atoms with Crippen molar-refractivity contribution in [3.8, 4) is 5.75 Å². The molecule has 0 saturated carbocycles. The van der Waals surface area contributed by atoms with E-state index in [1.54, 1.807) is 12.1 Å². The van der Waals surface area contributed by atoms with Crippen molar-refractivity contribution in [2.45, 2.75) is 12.5 Å². The smallest absolute Gasteiger partial charge is 0.326 e. The zero-order valence-electron chi connectivity index (χ0n) is 11.1. The van der Waals surface area contributed by atoms with Crippen LogP contribution >= 0.6 is 0 Å². The molecule has 1 rings (SSSR count). The second kappa shape index (κ2) is 7.34. The van der Waals surface area contributed by atoms with Gasteiger partial charge in [-0.1, -0.05) is 12.1 Å². The van der Waals surface area contributed by atoms with Crippen molar-refractivity contribution >= 4 is 12.0 Å². The average Bonchev–Trinajstić information content (AvgIpc) is 2.40. The Hall–Kier alpha value is -2.28. The number of phenolic OH excluding ortho intramolecular Hbond substituents is 1. The highest BCUT2D eigenvalue weighted by Crippen LogP contribution is 2.11. The molecule has 1 atom stereocenters. The summed E-state index contributed by atoms with van der Waals surface area (Å²) in [5.74, 6) is -1.06. The largest absolute Gasteiger partial charge is 0.508 e. The maximum atomic E-state index is 11.7. The molecular weight excluding hydrogens is 264 g/mol. The molecule has 0 aliphatic heterocycles. The van der Waals surface area contributed by atoms with E-state index in [9.17, 15) is 9.59 Å². The lowest BCUT2D eigenvalue weighted by Gasteiger charge is -2.20. The van der Waals surface area contributed by atoms with Gasteiger partial charge in [0.25, 0.3) is 0 Å². The van der Waals surface area contributed by atoms with Crippen LogP contribution in [0, 0.1) is 0 Å². The molecule has 1 aromatic carbocycles. The third-order valence-corrected chi connectivity index (χ3v) is 2.75. The molecule has 0 spiro atoms. The Morgan fingerprint density at radius 3 is 2.40 bits per heavy atom. The molecule has 0 heterocycles. The number of benzene rings is 1. The molecule has 0 aliphatic rings. The summed E-state index contributed by atoms with van der Waals surface area (Å²) in [6.45, 7) is -0.0724. The molecule has 7 heteroatoms. The van der Waals surface area contributed by atoms with E-state index in [4.69, 9.17) is 15.3 Å². The van der Waals surface area contributed by atoms with Crippen LogP contribution in [0.25, 0.3) is 0 Å². The van der Waals surface area contributed by atoms with Crippen LogP contribution < -0.4 is 5.32 Å². The third-order valence-electron chi connectivity index (χ3n) is 2.75. The van der Waals surface area contributed by atoms with Crippen LogP contribution in [0.15, 0.2) is 24.3 Å². The van der Waals surface area contributed by atoms with Gasteiger partial charge in [0, 0.05) is 20.0 Å². The summed E-state index contributed by atoms with van der Waals surface area (Å²) >= 11 is 0. The Kier molecular flexibility index (Phi) is 5.79. The standard InChI is InChI=1S/C13H18N2O5/c1-15(6-7-16)13(20)14-11(12(18)19)8-9-2-4-10(17)5-3-9/h2-5,11,16-17H,6-8H2,1H3,(H,14,20)(H,18,19). The molecule has 0 aromatic heterocycles. The lowest BCUT2D eigenvalue weighted by atomic mass is 10.1. The minimum absolute atomic E-state index is 0.0901. The van der Waals surface area contributed by atoms with E-state index in [2.05, 4.69) is 5.32 Å². The van der Waals surface area contributed by atoms with Crippen LogP contribution in [-0.4, -0.2) is 58.5 Å². The molecule has 0 saturated heterocycles. The molecule has 20 heavy (non-hydrogen) atoms. The van der Waals surface area contributed by atoms with Crippen molar-refractivity contribution in [2.24, 2.45) is 0 Å². The molecule has 1 aromatic rings. The predicted molar refractivity (Wildman–Crippen MR) is 71.5 cm³/mol. The number of likely N-dealkylation sites (N-methyl/N-ethyl adjacent to an activating group) is 1. The van der Waals surface area contributed by atoms with E-state index in [1.807, 2.05) is 0 Å². The molecule has 0 radical (unpaired) electrons. The number of amides is 2. The number of aliphatic carboxylic acids is 1. The Labute approximate surface area is 116 Å². The Morgan fingerprint density at radius 2 is 1.90 bits per heavy atom. The zero-order valence-corrected chi connectivity index (χ0v) is 11.1. The molecule has 0 fully saturated rings. The number of carboxylic acid groups (broad SMARTS) is 1. The first-order chi connectivity index (χ1) is 9.43. The quantitative estimate of drug-likeness (QED) is 0.588. The molecular formula is C13H18N2O5. The number of urea groups is 1. The maximum absolute atomic E-state index is 11.7. The monoisotopic (exact) mass is 282 g/mol. The van der Waals surface area contributed by atoms with Crippen LogP contribution in [0.4, 0.5) is 4.79 Å². The maximum Gasteiger partial charge on any atom is 0.326 e. The Morgan fingerprint density at radius 1 is 1.30 bits per heavy atom. The van der Waals surface area contributed by atoms with Crippen molar-refractivity contribution in [1.82, 2.24) is 10.2 Å². The predicted octanol–water partition coefficient (Wildman–Crippen LogP) is 0.0216. The number of nitrogens with zero attached hydrogens (tertiary/aromatic N) is 1. The van der Waals surface area contributed by atoms with Gasteiger partial charge in [-0.15, -0.1) is 0 Å². The van der Waals surface area contributed by atoms with Gasteiger partial charge in [0.15, 0.2) is 0 Å². The summed E-state index contributed by atoms with van der Waals surface area (Å²) < 4.78 is 0. The number of aromatic hydroxyl groups is 1. The number of carbonyl (C=O) groups excluding carboxylic acids is 1. The van der Waals surface area contributed by atoms with Gasteiger partial charge in [0.05, 0.1) is 6.61 Å². The molecule has 0 aliphatic carbocycles. The minimum Gasteiger partial charge on any atom is -0.508 e. The van der Waals surface area contributed by atoms with E-state index >= 15 is 0 Å². The van der Waals surface area contributed by atoms with Gasteiger partial charge in [0.1, 0.15) is 11.8 Å². The number of hydrogen-bond acceptors (Lipinski definition) is 4. The second-order valence-electron chi connectivity index (χ2n) is 4.36. The number of rotatable bonds is 6. The summed E-state index contributed by atoms with van der Waals surface area (Å²) in [6.07, 6.45) is 0.105. The lowest BCUT2D eigenvalue weighted by molar-refractivity contribution is -0.139. The molecule has 2 amide bonds. The van der Waals surface area contributed by atoms with Crippen LogP contribution in [0.2, 0.25) is 0 Å². The van der Waals surface area contributed by atoms with Gasteiger partial charge in [-0.2, -0.15) is 0 Å². The van der Waals surface area contributed by atoms with E-state index < -0.39 is 18.0 Å². The Balaban J connectivity index is 2.67. The highest BCUT2D eigenvalue weighted by molar-refractivity contribution is 5.82. The van der Waals surface area contributed by atoms with E-state index in [-0.39, 0.29) is 25.3 Å². The van der Waals surface area contributed by atoms with Gasteiger partial charge in [0.2, 0.25) is 0 Å². The minimum atomic E-state index is -1.15. The summed E-state index contributed by atoms with van der Waals surface area (Å²) in [6, 6.07) is 4.45. The van der Waals surface area contributed by atoms with Gasteiger partial charge >= 0.3 is 12.0 Å². The van der Waals surface area contributed by atoms with Crippen LogP contribution in [-0.2, 0) is 11.2 Å². The number of phenols is 1. The summed E-state index contributed by atoms with van der Waals surface area (Å²) in [7, 11) is 1.46. The first kappa shape index (κ1) is 15.8. The fourth-order valence-electron chi connectivity index (χ4n) is 1.58. The first-order valence-corrected chi connectivity index (χ1v) is 6.07. The van der Waals surface area contributed by atoms with Crippen LogP contribution in [0.5, 0.6) is 5.75 Å². The van der Waals surface area contributed by atoms with Gasteiger partial charge in [-0.05, 0) is 17.7 Å². The second-order valence-corrected chi connectivity index (χ2v) is 4.36. The molecule has 7 nitrogen and oxygen atoms in total. The van der Waals surface area contributed by atoms with Gasteiger partial charge in [-0.3, -0.25) is 0 Å². The fraction of sp³-hybridized carbons (Fsp3) is 0.385. The zero-order chi connectivity index (χ0) is 15.1. The molecule has 4 N–H and O–H groups in total. The van der Waals surface area contributed by atoms with Crippen molar-refractivity contribution in [1.29, 1.82) is 0 Å². The Bertz CT molecular complexity index is 460. The molecule has 0 bridgehead atoms. The van der Waals surface area contributed by atoms with Gasteiger partial charge in [-0.25, -0.2) is 9.59 Å². The molecule has 110 valence electrons. The normalized spacial score (nSPS) is 11.7. The lowest BCUT2D eigenvalue weighted by Crippen LogP contribution is -2.48. The highest BCUT2D eigenvalue weighted by atomic mass is 16.4. The SMILES string of the molecule is CN(CCO)C(=O)NC(Cc1ccc(O)cc1)C(=O)O. The number of carbonyl (C=O) groups is 2. The number of aliphatic hydroxyl groups excluding tert-OH is 1. The van der Waals surface area contributed by atoms with Gasteiger partial charge < -0.3 is 25.5 Å². The fourth-order valence-corrected chi connectivity index (χ4v) is 1.58. The van der Waals surface area contributed by atoms with Crippen molar-refractivity contribution in [2.75, 3.05) is 20.2 Å². The number of nitrogens with one attached hydrogen (secondary N) is 1. The topological polar surface area (TPSA) is 110 Å². The third kappa shape index (κ3) is 4.77. The van der Waals surface area contributed by atoms with Crippen molar-refractivity contribution < 1.29 is 24.9 Å². The average molecular weight is 282 g/mol.